The summed E-state index contributed by atoms with van der Waals surface area (Å²) in [6.07, 6.45) is 8.03. The van der Waals surface area contributed by atoms with Gasteiger partial charge in [-0.25, -0.2) is 0 Å². The molecule has 1 heteroatoms. The van der Waals surface area contributed by atoms with Gasteiger partial charge in [-0.1, -0.05) is 51.0 Å². The molecule has 3 atom stereocenters. The average Bonchev–Trinajstić information content (AvgIpc) is 2.75. The van der Waals surface area contributed by atoms with E-state index in [4.69, 9.17) is 0 Å². The molecular weight excluding hydrogens is 254 g/mol. The van der Waals surface area contributed by atoms with E-state index in [1.54, 1.807) is 11.1 Å². The summed E-state index contributed by atoms with van der Waals surface area (Å²) in [5.41, 5.74) is 3.23. The summed E-state index contributed by atoms with van der Waals surface area (Å²) in [7, 11) is 0. The Morgan fingerprint density at radius 3 is 2.00 bits per heavy atom. The van der Waals surface area contributed by atoms with Gasteiger partial charge in [0.2, 0.25) is 0 Å². The van der Waals surface area contributed by atoms with Crippen molar-refractivity contribution in [1.29, 1.82) is 0 Å². The third kappa shape index (κ3) is 3.04. The van der Waals surface area contributed by atoms with Crippen LogP contribution in [0.4, 0.5) is 0 Å². The van der Waals surface area contributed by atoms with Crippen LogP contribution in [0.3, 0.4) is 0 Å². The highest BCUT2D eigenvalue weighted by Crippen LogP contribution is 2.40. The highest BCUT2D eigenvalue weighted by atomic mass is 15.0. The Balaban J connectivity index is 1.74. The smallest absolute Gasteiger partial charge is 0.0132 e. The van der Waals surface area contributed by atoms with Crippen LogP contribution in [-0.4, -0.2) is 12.1 Å². The minimum absolute atomic E-state index is 0.661. The van der Waals surface area contributed by atoms with Gasteiger partial charge in [0.25, 0.3) is 0 Å². The molecule has 1 aromatic rings. The summed E-state index contributed by atoms with van der Waals surface area (Å²) in [4.78, 5) is 0. The van der Waals surface area contributed by atoms with Crippen molar-refractivity contribution in [3.05, 3.63) is 35.4 Å². The summed E-state index contributed by atoms with van der Waals surface area (Å²) in [6, 6.07) is 10.6. The summed E-state index contributed by atoms with van der Waals surface area (Å²) in [5, 5.41) is 4.06. The molecule has 1 nitrogen and oxygen atoms in total. The normalized spacial score (nSPS) is 29.2. The molecule has 0 aliphatic heterocycles. The Hall–Kier alpha value is -0.820. The van der Waals surface area contributed by atoms with Crippen molar-refractivity contribution in [3.8, 4) is 0 Å². The highest BCUT2D eigenvalue weighted by Gasteiger charge is 2.39. The Labute approximate surface area is 130 Å². The van der Waals surface area contributed by atoms with Crippen LogP contribution in [-0.2, 0) is 12.8 Å². The van der Waals surface area contributed by atoms with E-state index in [-0.39, 0.29) is 0 Å². The third-order valence-electron chi connectivity index (χ3n) is 6.22. The maximum atomic E-state index is 4.06. The standard InChI is InChI=1S/C20H31N/c1-4-15(5-2)14(3)21-20-18-10-11-19(20)13-17-9-7-6-8-16(17)12-18/h6-9,14-15,18-21H,4-5,10-13H2,1-3H3. The number of hydrogen-bond acceptors (Lipinski definition) is 1. The van der Waals surface area contributed by atoms with Crippen molar-refractivity contribution >= 4 is 0 Å². The average molecular weight is 285 g/mol. The molecule has 116 valence electrons. The van der Waals surface area contributed by atoms with E-state index in [9.17, 15) is 0 Å². The van der Waals surface area contributed by atoms with Crippen LogP contribution in [0.15, 0.2) is 24.3 Å². The predicted octanol–water partition coefficient (Wildman–Crippen LogP) is 4.59. The zero-order chi connectivity index (χ0) is 14.8. The lowest BCUT2D eigenvalue weighted by molar-refractivity contribution is 0.259. The molecule has 0 heterocycles. The Bertz CT molecular complexity index is 430. The lowest BCUT2D eigenvalue weighted by Crippen LogP contribution is -2.46. The first-order valence-electron chi connectivity index (χ1n) is 9.05. The molecule has 2 bridgehead atoms. The van der Waals surface area contributed by atoms with Gasteiger partial charge in [-0.15, -0.1) is 0 Å². The lowest BCUT2D eigenvalue weighted by atomic mass is 9.90. The van der Waals surface area contributed by atoms with Gasteiger partial charge in [-0.2, -0.15) is 0 Å². The molecule has 3 unspecified atom stereocenters. The van der Waals surface area contributed by atoms with Gasteiger partial charge >= 0.3 is 0 Å². The first kappa shape index (κ1) is 15.1. The van der Waals surface area contributed by atoms with Crippen LogP contribution in [0.2, 0.25) is 0 Å². The molecule has 0 radical (unpaired) electrons. The Morgan fingerprint density at radius 1 is 1.00 bits per heavy atom. The van der Waals surface area contributed by atoms with Crippen molar-refractivity contribution in [1.82, 2.24) is 5.32 Å². The van der Waals surface area contributed by atoms with Crippen molar-refractivity contribution in [2.45, 2.75) is 71.4 Å². The fourth-order valence-corrected chi connectivity index (χ4v) is 4.86. The highest BCUT2D eigenvalue weighted by molar-refractivity contribution is 5.30. The van der Waals surface area contributed by atoms with Gasteiger partial charge in [0, 0.05) is 12.1 Å². The zero-order valence-corrected chi connectivity index (χ0v) is 13.9. The van der Waals surface area contributed by atoms with Gasteiger partial charge in [0.05, 0.1) is 0 Å². The molecule has 1 saturated carbocycles. The van der Waals surface area contributed by atoms with E-state index < -0.39 is 0 Å². The molecule has 0 spiro atoms. The Kier molecular flexibility index (Phi) is 4.69. The first-order valence-corrected chi connectivity index (χ1v) is 9.05. The molecule has 0 aromatic heterocycles. The largest absolute Gasteiger partial charge is 0.311 e. The molecule has 3 rings (SSSR count). The van der Waals surface area contributed by atoms with Gasteiger partial charge in [0.1, 0.15) is 0 Å². The quantitative estimate of drug-likeness (QED) is 0.834. The fourth-order valence-electron chi connectivity index (χ4n) is 4.86. The summed E-state index contributed by atoms with van der Waals surface area (Å²) in [5.74, 6) is 2.54. The molecular formula is C20H31N. The fraction of sp³-hybridized carbons (Fsp3) is 0.700. The summed E-state index contributed by atoms with van der Waals surface area (Å²) >= 11 is 0. The van der Waals surface area contributed by atoms with Crippen LogP contribution in [0.25, 0.3) is 0 Å². The van der Waals surface area contributed by atoms with Crippen LogP contribution >= 0.6 is 0 Å². The van der Waals surface area contributed by atoms with Gasteiger partial charge in [-0.05, 0) is 61.5 Å². The zero-order valence-electron chi connectivity index (χ0n) is 13.9. The summed E-state index contributed by atoms with van der Waals surface area (Å²) in [6.45, 7) is 7.09. The molecule has 2 aliphatic carbocycles. The molecule has 0 saturated heterocycles. The summed E-state index contributed by atoms with van der Waals surface area (Å²) < 4.78 is 0. The molecule has 21 heavy (non-hydrogen) atoms. The van der Waals surface area contributed by atoms with Crippen molar-refractivity contribution < 1.29 is 0 Å². The van der Waals surface area contributed by atoms with Crippen LogP contribution in [0.5, 0.6) is 0 Å². The van der Waals surface area contributed by atoms with Crippen LogP contribution < -0.4 is 5.32 Å². The second-order valence-electron chi connectivity index (χ2n) is 7.33. The number of benzene rings is 1. The number of fused-ring (bicyclic) bond motifs is 3. The first-order chi connectivity index (χ1) is 10.2. The van der Waals surface area contributed by atoms with E-state index >= 15 is 0 Å². The monoisotopic (exact) mass is 285 g/mol. The lowest BCUT2D eigenvalue weighted by Gasteiger charge is -2.31. The van der Waals surface area contributed by atoms with E-state index in [2.05, 4.69) is 50.4 Å². The number of rotatable bonds is 5. The minimum atomic E-state index is 0.661. The van der Waals surface area contributed by atoms with Gasteiger partial charge in [-0.3, -0.25) is 0 Å². The number of hydrogen-bond donors (Lipinski definition) is 1. The topological polar surface area (TPSA) is 12.0 Å². The molecule has 1 fully saturated rings. The van der Waals surface area contributed by atoms with Crippen LogP contribution in [0.1, 0.15) is 57.6 Å². The molecule has 0 amide bonds. The maximum Gasteiger partial charge on any atom is 0.0132 e. The van der Waals surface area contributed by atoms with E-state index in [1.807, 2.05) is 0 Å². The SMILES string of the molecule is CCC(CC)C(C)NC1C2CCC1Cc1ccccc1C2. The van der Waals surface area contributed by atoms with Gasteiger partial charge in [0.15, 0.2) is 0 Å². The molecule has 1 aromatic carbocycles. The second-order valence-corrected chi connectivity index (χ2v) is 7.33. The van der Waals surface area contributed by atoms with Crippen molar-refractivity contribution in [3.63, 3.8) is 0 Å². The molecule has 2 aliphatic rings. The van der Waals surface area contributed by atoms with Crippen molar-refractivity contribution in [2.24, 2.45) is 17.8 Å². The number of nitrogens with one attached hydrogen (secondary N) is 1. The van der Waals surface area contributed by atoms with E-state index in [0.717, 1.165) is 23.8 Å². The minimum Gasteiger partial charge on any atom is -0.311 e. The maximum absolute atomic E-state index is 4.06. The van der Waals surface area contributed by atoms with E-state index in [0.29, 0.717) is 6.04 Å². The Morgan fingerprint density at radius 2 is 1.52 bits per heavy atom. The van der Waals surface area contributed by atoms with Crippen LogP contribution in [0, 0.1) is 17.8 Å². The third-order valence-corrected chi connectivity index (χ3v) is 6.22. The van der Waals surface area contributed by atoms with Gasteiger partial charge < -0.3 is 5.32 Å². The predicted molar refractivity (Wildman–Crippen MR) is 90.5 cm³/mol. The van der Waals surface area contributed by atoms with Crippen molar-refractivity contribution in [2.75, 3.05) is 0 Å². The van der Waals surface area contributed by atoms with E-state index in [1.165, 1.54) is 38.5 Å². The molecule has 1 N–H and O–H groups in total. The second kappa shape index (κ2) is 6.52.